The number of aliphatic hydroxyl groups is 1. The number of anilines is 1. The topological polar surface area (TPSA) is 86.7 Å². The molecule has 3 rings (SSSR count). The van der Waals surface area contributed by atoms with Crippen molar-refractivity contribution >= 4 is 33.2 Å². The number of amides is 1. The lowest BCUT2D eigenvalue weighted by Gasteiger charge is -2.26. The van der Waals surface area contributed by atoms with Crippen molar-refractivity contribution in [2.45, 2.75) is 30.8 Å². The molecule has 0 unspecified atom stereocenters. The first kappa shape index (κ1) is 19.8. The molecule has 0 aliphatic carbocycles. The molecule has 2 N–H and O–H groups in total. The van der Waals surface area contributed by atoms with E-state index in [4.69, 9.17) is 11.6 Å². The first-order chi connectivity index (χ1) is 12.9. The molecule has 1 aliphatic rings. The van der Waals surface area contributed by atoms with Crippen molar-refractivity contribution in [3.8, 4) is 0 Å². The molecule has 1 heterocycles. The van der Waals surface area contributed by atoms with E-state index in [-0.39, 0.29) is 22.1 Å². The number of carbonyl (C=O) groups excluding carboxylic acids is 1. The quantitative estimate of drug-likeness (QED) is 0.794. The molecule has 0 bridgehead atoms. The Morgan fingerprint density at radius 1 is 1.11 bits per heavy atom. The number of rotatable bonds is 5. The fourth-order valence-corrected chi connectivity index (χ4v) is 4.79. The van der Waals surface area contributed by atoms with Gasteiger partial charge in [-0.05, 0) is 48.7 Å². The van der Waals surface area contributed by atoms with Crippen molar-refractivity contribution in [3.05, 3.63) is 58.6 Å². The molecule has 1 aliphatic heterocycles. The fourth-order valence-electron chi connectivity index (χ4n) is 3.04. The van der Waals surface area contributed by atoms with Gasteiger partial charge in [-0.25, -0.2) is 8.42 Å². The van der Waals surface area contributed by atoms with Gasteiger partial charge in [-0.3, -0.25) is 4.79 Å². The number of nitrogens with zero attached hydrogens (tertiary/aromatic N) is 1. The molecule has 1 fully saturated rings. The maximum atomic E-state index is 12.8. The van der Waals surface area contributed by atoms with Gasteiger partial charge in [-0.1, -0.05) is 30.2 Å². The summed E-state index contributed by atoms with van der Waals surface area (Å²) in [5, 5.41) is 12.1. The Bertz CT molecular complexity index is 940. The summed E-state index contributed by atoms with van der Waals surface area (Å²) in [5.41, 5.74) is 1.23. The lowest BCUT2D eigenvalue weighted by Crippen LogP contribution is -2.35. The van der Waals surface area contributed by atoms with Gasteiger partial charge in [-0.15, -0.1) is 0 Å². The number of aliphatic hydroxyl groups excluding tert-OH is 1. The highest BCUT2D eigenvalue weighted by atomic mass is 35.5. The van der Waals surface area contributed by atoms with Crippen LogP contribution in [0.25, 0.3) is 0 Å². The number of carbonyl (C=O) groups is 1. The first-order valence-electron chi connectivity index (χ1n) is 8.72. The van der Waals surface area contributed by atoms with Gasteiger partial charge in [-0.2, -0.15) is 4.31 Å². The minimum absolute atomic E-state index is 0.0584. The monoisotopic (exact) mass is 408 g/mol. The summed E-state index contributed by atoms with van der Waals surface area (Å²) in [6.07, 6.45) is 2.69. The number of halogens is 1. The van der Waals surface area contributed by atoms with E-state index >= 15 is 0 Å². The van der Waals surface area contributed by atoms with E-state index in [0.717, 1.165) is 19.3 Å². The SMILES string of the molecule is O=C(Nc1cccc(CO)c1)c1cc(S(=O)(=O)N2CCCCC2)ccc1Cl. The average molecular weight is 409 g/mol. The van der Waals surface area contributed by atoms with E-state index < -0.39 is 15.9 Å². The molecule has 27 heavy (non-hydrogen) atoms. The van der Waals surface area contributed by atoms with E-state index in [1.54, 1.807) is 24.3 Å². The van der Waals surface area contributed by atoms with Gasteiger partial charge in [0.2, 0.25) is 10.0 Å². The zero-order chi connectivity index (χ0) is 19.4. The average Bonchev–Trinajstić information content (AvgIpc) is 2.69. The number of piperidine rings is 1. The predicted molar refractivity (Wildman–Crippen MR) is 104 cm³/mol. The molecule has 2 aromatic rings. The highest BCUT2D eigenvalue weighted by Gasteiger charge is 2.27. The Labute approximate surface area is 163 Å². The van der Waals surface area contributed by atoms with Gasteiger partial charge < -0.3 is 10.4 Å². The van der Waals surface area contributed by atoms with E-state index in [2.05, 4.69) is 5.32 Å². The third-order valence-electron chi connectivity index (χ3n) is 4.50. The van der Waals surface area contributed by atoms with E-state index in [0.29, 0.717) is 24.3 Å². The van der Waals surface area contributed by atoms with Crippen LogP contribution < -0.4 is 5.32 Å². The molecule has 0 saturated carbocycles. The summed E-state index contributed by atoms with van der Waals surface area (Å²) in [6, 6.07) is 10.9. The molecule has 0 spiro atoms. The number of nitrogens with one attached hydrogen (secondary N) is 1. The third-order valence-corrected chi connectivity index (χ3v) is 6.73. The van der Waals surface area contributed by atoms with E-state index in [1.165, 1.54) is 22.5 Å². The minimum atomic E-state index is -3.66. The standard InChI is InChI=1S/C19H21ClN2O4S/c20-18-8-7-16(27(25,26)22-9-2-1-3-10-22)12-17(18)19(24)21-15-6-4-5-14(11-15)13-23/h4-8,11-12,23H,1-3,9-10,13H2,(H,21,24). The minimum Gasteiger partial charge on any atom is -0.392 e. The second kappa shape index (κ2) is 8.39. The van der Waals surface area contributed by atoms with Crippen molar-refractivity contribution < 1.29 is 18.3 Å². The van der Waals surface area contributed by atoms with Crippen molar-refractivity contribution in [3.63, 3.8) is 0 Å². The van der Waals surface area contributed by atoms with Gasteiger partial charge >= 0.3 is 0 Å². The van der Waals surface area contributed by atoms with E-state index in [1.807, 2.05) is 0 Å². The summed E-state index contributed by atoms with van der Waals surface area (Å²) in [7, 11) is -3.66. The normalized spacial score (nSPS) is 15.5. The van der Waals surface area contributed by atoms with Crippen LogP contribution in [0.3, 0.4) is 0 Å². The lowest BCUT2D eigenvalue weighted by atomic mass is 10.2. The lowest BCUT2D eigenvalue weighted by molar-refractivity contribution is 0.102. The summed E-state index contributed by atoms with van der Waals surface area (Å²) >= 11 is 6.14. The molecule has 1 amide bonds. The van der Waals surface area contributed by atoms with Crippen LogP contribution in [0.1, 0.15) is 35.2 Å². The van der Waals surface area contributed by atoms with Gasteiger partial charge in [0, 0.05) is 18.8 Å². The predicted octanol–water partition coefficient (Wildman–Crippen LogP) is 3.26. The molecule has 6 nitrogen and oxygen atoms in total. The molecular weight excluding hydrogens is 388 g/mol. The smallest absolute Gasteiger partial charge is 0.257 e. The van der Waals surface area contributed by atoms with Gasteiger partial charge in [0.05, 0.1) is 22.1 Å². The molecule has 144 valence electrons. The summed E-state index contributed by atoms with van der Waals surface area (Å²) < 4.78 is 27.1. The molecule has 0 aromatic heterocycles. The van der Waals surface area contributed by atoms with Crippen LogP contribution in [-0.4, -0.2) is 36.8 Å². The maximum Gasteiger partial charge on any atom is 0.257 e. The largest absolute Gasteiger partial charge is 0.392 e. The van der Waals surface area contributed by atoms with Crippen LogP contribution in [0.15, 0.2) is 47.4 Å². The molecule has 1 saturated heterocycles. The van der Waals surface area contributed by atoms with Crippen LogP contribution in [0, 0.1) is 0 Å². The van der Waals surface area contributed by atoms with Gasteiger partial charge in [0.1, 0.15) is 0 Å². The molecule has 8 heteroatoms. The van der Waals surface area contributed by atoms with Gasteiger partial charge in [0.25, 0.3) is 5.91 Å². The summed E-state index contributed by atoms with van der Waals surface area (Å²) in [6.45, 7) is 0.828. The van der Waals surface area contributed by atoms with Crippen molar-refractivity contribution in [1.82, 2.24) is 4.31 Å². The van der Waals surface area contributed by atoms with E-state index in [9.17, 15) is 18.3 Å². The zero-order valence-corrected chi connectivity index (χ0v) is 16.3. The Morgan fingerprint density at radius 2 is 1.85 bits per heavy atom. The zero-order valence-electron chi connectivity index (χ0n) is 14.7. The molecule has 2 aromatic carbocycles. The van der Waals surface area contributed by atoms with Crippen LogP contribution in [0.2, 0.25) is 5.02 Å². The Kier molecular flexibility index (Phi) is 6.16. The van der Waals surface area contributed by atoms with Crippen molar-refractivity contribution in [1.29, 1.82) is 0 Å². The van der Waals surface area contributed by atoms with Crippen LogP contribution in [0.4, 0.5) is 5.69 Å². The number of hydrogen-bond acceptors (Lipinski definition) is 4. The van der Waals surface area contributed by atoms with Crippen molar-refractivity contribution in [2.24, 2.45) is 0 Å². The van der Waals surface area contributed by atoms with Crippen LogP contribution >= 0.6 is 11.6 Å². The number of benzene rings is 2. The first-order valence-corrected chi connectivity index (χ1v) is 10.5. The summed E-state index contributed by atoms with van der Waals surface area (Å²) in [4.78, 5) is 12.7. The molecule has 0 radical (unpaired) electrons. The van der Waals surface area contributed by atoms with Crippen LogP contribution in [0.5, 0.6) is 0 Å². The Balaban J connectivity index is 1.87. The number of sulfonamides is 1. The maximum absolute atomic E-state index is 12.8. The second-order valence-corrected chi connectivity index (χ2v) is 8.76. The summed E-state index contributed by atoms with van der Waals surface area (Å²) in [5.74, 6) is -0.509. The Hall–Kier alpha value is -1.93. The van der Waals surface area contributed by atoms with Gasteiger partial charge in [0.15, 0.2) is 0 Å². The number of hydrogen-bond donors (Lipinski definition) is 2. The molecular formula is C19H21ClN2O4S. The Morgan fingerprint density at radius 3 is 2.56 bits per heavy atom. The van der Waals surface area contributed by atoms with Crippen LogP contribution in [-0.2, 0) is 16.6 Å². The molecule has 0 atom stereocenters. The fraction of sp³-hybridized carbons (Fsp3) is 0.316. The highest BCUT2D eigenvalue weighted by molar-refractivity contribution is 7.89. The third kappa shape index (κ3) is 4.50. The second-order valence-electron chi connectivity index (χ2n) is 6.42. The highest BCUT2D eigenvalue weighted by Crippen LogP contribution is 2.26. The van der Waals surface area contributed by atoms with Crippen molar-refractivity contribution in [2.75, 3.05) is 18.4 Å².